The average molecular weight is 691 g/mol. The molecule has 0 saturated carbocycles. The van der Waals surface area contributed by atoms with Crippen molar-refractivity contribution in [2.24, 2.45) is 0 Å². The maximum Gasteiger partial charge on any atom is 0.0645 e. The summed E-state index contributed by atoms with van der Waals surface area (Å²) in [6.45, 7) is 0. The second-order valence-electron chi connectivity index (χ2n) is 12.4. The summed E-state index contributed by atoms with van der Waals surface area (Å²) in [7, 11) is 0. The fourth-order valence-electron chi connectivity index (χ4n) is 6.88. The second kappa shape index (κ2) is 13.0. The molecule has 0 aromatic heterocycles. The van der Waals surface area contributed by atoms with Gasteiger partial charge in [0.15, 0.2) is 0 Å². The van der Waals surface area contributed by atoms with E-state index in [1.54, 1.807) is 36.4 Å². The highest BCUT2D eigenvalue weighted by atomic mass is 15.1. The fraction of sp³-hybridized carbons (Fsp3) is 0. The third-order valence-corrected chi connectivity index (χ3v) is 9.33. The Balaban J connectivity index is 1.31. The van der Waals surface area contributed by atoms with Gasteiger partial charge in [0.25, 0.3) is 0 Å². The van der Waals surface area contributed by atoms with Gasteiger partial charge in [-0.1, -0.05) is 164 Å². The van der Waals surface area contributed by atoms with Gasteiger partial charge in [-0.2, -0.15) is 0 Å². The lowest BCUT2D eigenvalue weighted by atomic mass is 9.93. The minimum absolute atomic E-state index is 0.130. The number of rotatable bonds is 6. The molecule has 0 fully saturated rings. The monoisotopic (exact) mass is 690 g/mol. The van der Waals surface area contributed by atoms with Gasteiger partial charge in [0.05, 0.1) is 23.3 Å². The van der Waals surface area contributed by atoms with E-state index in [4.69, 9.17) is 6.85 Å². The van der Waals surface area contributed by atoms with Gasteiger partial charge < -0.3 is 4.90 Å². The Morgan fingerprint density at radius 2 is 0.642 bits per heavy atom. The molecule has 1 heteroatoms. The average Bonchev–Trinajstić information content (AvgIpc) is 3.36. The zero-order valence-corrected chi connectivity index (χ0v) is 27.8. The molecule has 10 rings (SSSR count). The molecule has 0 aliphatic rings. The predicted molar refractivity (Wildman–Crippen MR) is 227 cm³/mol. The Hall–Kier alpha value is -6.96. The number of hydrogen-bond donors (Lipinski definition) is 0. The van der Waals surface area contributed by atoms with E-state index in [9.17, 15) is 16.4 Å². The zero-order valence-electron chi connectivity index (χ0n) is 44.8. The van der Waals surface area contributed by atoms with E-state index in [2.05, 4.69) is 0 Å². The number of nitrogens with zero attached hydrogens (tertiary/aromatic N) is 1. The highest BCUT2D eigenvalue weighted by Gasteiger charge is 2.16. The van der Waals surface area contributed by atoms with E-state index in [0.29, 0.717) is 26.8 Å². The molecule has 0 amide bonds. The highest BCUT2D eigenvalue weighted by molar-refractivity contribution is 6.15. The Labute approximate surface area is 333 Å². The van der Waals surface area contributed by atoms with Crippen LogP contribution in [0.15, 0.2) is 212 Å². The molecule has 0 atom stereocenters. The van der Waals surface area contributed by atoms with Crippen LogP contribution in [0.4, 0.5) is 17.1 Å². The Morgan fingerprint density at radius 1 is 0.302 bits per heavy atom. The summed E-state index contributed by atoms with van der Waals surface area (Å²) in [4.78, 5) is 0.693. The van der Waals surface area contributed by atoms with Crippen LogP contribution in [0.25, 0.3) is 76.5 Å². The molecule has 0 saturated heterocycles. The van der Waals surface area contributed by atoms with Crippen molar-refractivity contribution in [1.82, 2.24) is 0 Å². The lowest BCUT2D eigenvalue weighted by Crippen LogP contribution is -2.09. The van der Waals surface area contributed by atoms with Crippen LogP contribution in [-0.2, 0) is 0 Å². The largest absolute Gasteiger partial charge is 0.311 e. The first-order valence-electron chi connectivity index (χ1n) is 25.4. The van der Waals surface area contributed by atoms with Crippen molar-refractivity contribution >= 4 is 60.2 Å². The van der Waals surface area contributed by atoms with Crippen molar-refractivity contribution in [2.45, 2.75) is 0 Å². The molecule has 0 aliphatic heterocycles. The molecule has 0 spiro atoms. The first-order chi connectivity index (χ1) is 33.4. The molecule has 0 radical (unpaired) electrons. The van der Waals surface area contributed by atoms with E-state index >= 15 is 0 Å². The second-order valence-corrected chi connectivity index (χ2v) is 12.4. The standard InChI is InChI=1S/C52H35N/c1-2-12-36(13-3-1)37-22-28-42(29-23-37)53(43-30-24-38(25-31-43)51-34-40-14-4-6-16-45(40)47-18-8-10-20-49(47)51)44-32-26-39(27-33-44)52-35-41-15-5-7-17-46(41)48-19-9-11-21-50(48)52/h1-35H/i1D,2D,3D,12D,13D,22D,23D,24D,25D,26D,27D,28D,29D,30D,31D,32D,33D. The van der Waals surface area contributed by atoms with Gasteiger partial charge in [-0.25, -0.2) is 0 Å². The summed E-state index contributed by atoms with van der Waals surface area (Å²) >= 11 is 0. The quantitative estimate of drug-likeness (QED) is 0.157. The van der Waals surface area contributed by atoms with Crippen LogP contribution in [0.3, 0.4) is 0 Å². The predicted octanol–water partition coefficient (Wildman–Crippen LogP) is 14.8. The van der Waals surface area contributed by atoms with Crippen molar-refractivity contribution in [3.63, 3.8) is 0 Å². The lowest BCUT2D eigenvalue weighted by Gasteiger charge is -2.26. The number of fused-ring (bicyclic) bond motifs is 6. The summed E-state index contributed by atoms with van der Waals surface area (Å²) in [6, 6.07) is 19.5. The van der Waals surface area contributed by atoms with E-state index in [-0.39, 0.29) is 11.1 Å². The van der Waals surface area contributed by atoms with Crippen LogP contribution >= 0.6 is 0 Å². The Morgan fingerprint density at radius 3 is 1.08 bits per heavy atom. The maximum absolute atomic E-state index is 9.69. The number of hydrogen-bond acceptors (Lipinski definition) is 1. The molecule has 1 nitrogen and oxygen atoms in total. The molecule has 248 valence electrons. The molecule has 10 aromatic rings. The van der Waals surface area contributed by atoms with Crippen LogP contribution in [0.1, 0.15) is 23.3 Å². The van der Waals surface area contributed by atoms with Crippen LogP contribution in [0, 0.1) is 0 Å². The molecule has 10 aromatic carbocycles. The summed E-state index contributed by atoms with van der Waals surface area (Å²) in [6.07, 6.45) is 0. The maximum atomic E-state index is 9.69. The van der Waals surface area contributed by atoms with Crippen molar-refractivity contribution < 1.29 is 23.3 Å². The van der Waals surface area contributed by atoms with Crippen molar-refractivity contribution in [3.8, 4) is 33.4 Å². The van der Waals surface area contributed by atoms with Gasteiger partial charge in [-0.15, -0.1) is 0 Å². The van der Waals surface area contributed by atoms with E-state index < -0.39 is 131 Å². The summed E-state index contributed by atoms with van der Waals surface area (Å²) in [5.74, 6) is 0. The van der Waals surface area contributed by atoms with E-state index in [0.717, 1.165) is 32.3 Å². The molecule has 0 heterocycles. The summed E-state index contributed by atoms with van der Waals surface area (Å²) in [5.41, 5.74) is -3.19. The first-order valence-corrected chi connectivity index (χ1v) is 16.9. The van der Waals surface area contributed by atoms with Crippen LogP contribution < -0.4 is 4.90 Å². The molecule has 53 heavy (non-hydrogen) atoms. The van der Waals surface area contributed by atoms with Gasteiger partial charge in [-0.3, -0.25) is 0 Å². The SMILES string of the molecule is [2H]c1c([2H])c([2H])c(-c2c([2H])c([2H])c(N(c3c([2H])c([2H])c(-c4cc5ccccc5c5ccccc45)c([2H])c3[2H])c3c([2H])c([2H])c(-c4cc5ccccc5c5ccccc45)c([2H])c3[2H])c([2H])c2[2H])c([2H])c1[2H]. The van der Waals surface area contributed by atoms with Gasteiger partial charge in [0, 0.05) is 17.1 Å². The Bertz CT molecular complexity index is 3640. The van der Waals surface area contributed by atoms with Crippen LogP contribution in [0.5, 0.6) is 0 Å². The number of benzene rings is 10. The molecule has 0 bridgehead atoms. The molecular formula is C52H35N. The summed E-state index contributed by atoms with van der Waals surface area (Å²) in [5, 5.41) is 5.97. The van der Waals surface area contributed by atoms with E-state index in [1.165, 1.54) is 0 Å². The first kappa shape index (κ1) is 18.0. The molecule has 0 unspecified atom stereocenters. The third-order valence-electron chi connectivity index (χ3n) is 9.33. The normalized spacial score (nSPS) is 15.9. The molecular weight excluding hydrogens is 639 g/mol. The summed E-state index contributed by atoms with van der Waals surface area (Å²) < 4.78 is 157. The fourth-order valence-corrected chi connectivity index (χ4v) is 6.88. The van der Waals surface area contributed by atoms with Crippen LogP contribution in [-0.4, -0.2) is 0 Å². The van der Waals surface area contributed by atoms with E-state index in [1.807, 2.05) is 72.8 Å². The van der Waals surface area contributed by atoms with Crippen LogP contribution in [0.2, 0.25) is 0 Å². The zero-order chi connectivity index (χ0) is 49.9. The minimum atomic E-state index is -0.981. The lowest BCUT2D eigenvalue weighted by molar-refractivity contribution is 1.28. The highest BCUT2D eigenvalue weighted by Crippen LogP contribution is 2.41. The van der Waals surface area contributed by atoms with Crippen molar-refractivity contribution in [3.05, 3.63) is 212 Å². The topological polar surface area (TPSA) is 3.24 Å². The Kier molecular flexibility index (Phi) is 4.41. The van der Waals surface area contributed by atoms with Crippen molar-refractivity contribution in [2.75, 3.05) is 4.90 Å². The van der Waals surface area contributed by atoms with Gasteiger partial charge in [-0.05, 0) is 125 Å². The van der Waals surface area contributed by atoms with Gasteiger partial charge in [0.2, 0.25) is 0 Å². The minimum Gasteiger partial charge on any atom is -0.311 e. The smallest absolute Gasteiger partial charge is 0.0645 e. The van der Waals surface area contributed by atoms with Gasteiger partial charge in [0.1, 0.15) is 0 Å². The molecule has 0 aliphatic carbocycles. The molecule has 0 N–H and O–H groups in total. The number of anilines is 3. The van der Waals surface area contributed by atoms with Crippen molar-refractivity contribution in [1.29, 1.82) is 0 Å². The van der Waals surface area contributed by atoms with Gasteiger partial charge >= 0.3 is 0 Å². The third kappa shape index (κ3) is 5.51.